The van der Waals surface area contributed by atoms with Crippen molar-refractivity contribution in [2.75, 3.05) is 0 Å². The number of rotatable bonds is 7. The van der Waals surface area contributed by atoms with Gasteiger partial charge in [0, 0.05) is 0 Å². The van der Waals surface area contributed by atoms with Crippen molar-refractivity contribution >= 4 is 0 Å². The number of nitrogens with zero attached hydrogens (tertiary/aromatic N) is 1. The van der Waals surface area contributed by atoms with Gasteiger partial charge in [-0.15, -0.1) is 0 Å². The molecule has 1 aromatic heterocycles. The van der Waals surface area contributed by atoms with Crippen LogP contribution in [0.25, 0.3) is 0 Å². The van der Waals surface area contributed by atoms with E-state index in [0.29, 0.717) is 0 Å². The Morgan fingerprint density at radius 2 is 1.00 bits per heavy atom. The van der Waals surface area contributed by atoms with Crippen molar-refractivity contribution in [3.8, 4) is 0 Å². The summed E-state index contributed by atoms with van der Waals surface area (Å²) in [5.41, 5.74) is 3.68. The summed E-state index contributed by atoms with van der Waals surface area (Å²) in [6.45, 7) is 33.0. The number of hydrogen-bond donors (Lipinski definition) is 0. The maximum atomic E-state index is 6.75. The molecule has 0 spiro atoms. The average Bonchev–Trinajstić information content (AvgIpc) is 2.85. The fourth-order valence-electron chi connectivity index (χ4n) is 3.79. The SMILES string of the molecule is CC(C)[O][Ti]([O]C(C)C)([O]C(C)C)[n]1c(C(C)(C)C)cc(C(C)(C)C)c1C(C)(C)C. The van der Waals surface area contributed by atoms with Gasteiger partial charge in [0.25, 0.3) is 0 Å². The molecule has 0 unspecified atom stereocenters. The van der Waals surface area contributed by atoms with Crippen molar-refractivity contribution in [2.45, 2.75) is 138 Å². The van der Waals surface area contributed by atoms with Gasteiger partial charge in [-0.25, -0.2) is 0 Å². The molecule has 0 amide bonds. The minimum atomic E-state index is -4.00. The van der Waals surface area contributed by atoms with Gasteiger partial charge in [0.05, 0.1) is 0 Å². The maximum absolute atomic E-state index is 6.75. The van der Waals surface area contributed by atoms with Gasteiger partial charge in [-0.3, -0.25) is 0 Å². The first kappa shape index (κ1) is 27.9. The van der Waals surface area contributed by atoms with E-state index < -0.39 is 18.0 Å². The fourth-order valence-corrected chi connectivity index (χ4v) is 9.56. The molecule has 0 radical (unpaired) electrons. The Kier molecular flexibility index (Phi) is 8.74. The molecule has 0 bridgehead atoms. The van der Waals surface area contributed by atoms with Crippen LogP contribution in [0.15, 0.2) is 6.07 Å². The summed E-state index contributed by atoms with van der Waals surface area (Å²) in [7, 11) is 0. The topological polar surface area (TPSA) is 32.6 Å². The van der Waals surface area contributed by atoms with E-state index in [9.17, 15) is 0 Å². The van der Waals surface area contributed by atoms with Crippen molar-refractivity contribution < 1.29 is 28.0 Å². The molecule has 0 N–H and O–H groups in total. The first-order chi connectivity index (χ1) is 13.2. The summed E-state index contributed by atoms with van der Waals surface area (Å²) in [6.07, 6.45) is 0.0101. The Labute approximate surface area is 192 Å². The number of hydrogen-bond acceptors (Lipinski definition) is 3. The van der Waals surface area contributed by atoms with Crippen molar-refractivity contribution in [1.82, 2.24) is 3.05 Å². The molecule has 0 saturated carbocycles. The summed E-state index contributed by atoms with van der Waals surface area (Å²) < 4.78 is 22.7. The Morgan fingerprint density at radius 1 is 0.633 bits per heavy atom. The van der Waals surface area contributed by atoms with Gasteiger partial charge in [0.2, 0.25) is 0 Å². The van der Waals surface area contributed by atoms with E-state index >= 15 is 0 Å². The zero-order valence-electron chi connectivity index (χ0n) is 22.5. The van der Waals surface area contributed by atoms with Crippen LogP contribution in [-0.4, -0.2) is 21.4 Å². The van der Waals surface area contributed by atoms with Crippen LogP contribution in [0.2, 0.25) is 0 Å². The first-order valence-electron chi connectivity index (χ1n) is 11.5. The third-order valence-electron chi connectivity index (χ3n) is 4.72. The summed E-state index contributed by atoms with van der Waals surface area (Å²) in [5, 5.41) is 0. The molecule has 1 aromatic rings. The van der Waals surface area contributed by atoms with Crippen molar-refractivity contribution in [3.63, 3.8) is 0 Å². The van der Waals surface area contributed by atoms with Crippen LogP contribution < -0.4 is 0 Å². The van der Waals surface area contributed by atoms with Gasteiger partial charge in [-0.2, -0.15) is 0 Å². The summed E-state index contributed by atoms with van der Waals surface area (Å²) in [5.74, 6) is 0. The van der Waals surface area contributed by atoms with E-state index in [1.165, 1.54) is 17.0 Å². The van der Waals surface area contributed by atoms with Gasteiger partial charge < -0.3 is 0 Å². The van der Waals surface area contributed by atoms with Gasteiger partial charge in [0.15, 0.2) is 0 Å². The fraction of sp³-hybridized carbons (Fsp3) is 0.840. The quantitative estimate of drug-likeness (QED) is 0.401. The second kappa shape index (κ2) is 9.39. The molecule has 0 aliphatic carbocycles. The molecule has 0 saturated heterocycles. The molecule has 0 fully saturated rings. The minimum absolute atomic E-state index is 0.00336. The predicted octanol–water partition coefficient (Wildman–Crippen LogP) is 7.32. The van der Waals surface area contributed by atoms with E-state index in [4.69, 9.17) is 9.96 Å². The number of aromatic nitrogens is 1. The molecule has 1 heterocycles. The Morgan fingerprint density at radius 3 is 1.23 bits per heavy atom. The molecule has 0 aliphatic heterocycles. The zero-order chi connectivity index (χ0) is 23.9. The monoisotopic (exact) mass is 459 g/mol. The summed E-state index contributed by atoms with van der Waals surface area (Å²) in [6, 6.07) is 2.39. The molecule has 0 aliphatic rings. The van der Waals surface area contributed by atoms with E-state index in [0.717, 1.165) is 0 Å². The molecule has 1 rings (SSSR count). The predicted molar refractivity (Wildman–Crippen MR) is 125 cm³/mol. The molecule has 4 nitrogen and oxygen atoms in total. The second-order valence-corrected chi connectivity index (χ2v) is 15.8. The van der Waals surface area contributed by atoms with Crippen LogP contribution in [0.5, 0.6) is 0 Å². The molecule has 0 atom stereocenters. The average molecular weight is 460 g/mol. The van der Waals surface area contributed by atoms with Gasteiger partial charge in [-0.1, -0.05) is 0 Å². The van der Waals surface area contributed by atoms with Crippen LogP contribution in [-0.2, 0) is 44.2 Å². The molecule has 176 valence electrons. The third kappa shape index (κ3) is 6.69. The van der Waals surface area contributed by atoms with Gasteiger partial charge >= 0.3 is 192 Å². The van der Waals surface area contributed by atoms with E-state index in [1.54, 1.807) is 0 Å². The summed E-state index contributed by atoms with van der Waals surface area (Å²) in [4.78, 5) is 0. The van der Waals surface area contributed by atoms with Gasteiger partial charge in [0.1, 0.15) is 0 Å². The third-order valence-corrected chi connectivity index (χ3v) is 9.90. The Bertz CT molecular complexity index is 671. The Hall–Kier alpha value is -0.126. The van der Waals surface area contributed by atoms with Crippen molar-refractivity contribution in [3.05, 3.63) is 23.0 Å². The van der Waals surface area contributed by atoms with Gasteiger partial charge in [-0.05, 0) is 0 Å². The molecule has 5 heteroatoms. The van der Waals surface area contributed by atoms with Crippen molar-refractivity contribution in [2.24, 2.45) is 0 Å². The molecule has 0 aromatic carbocycles. The van der Waals surface area contributed by atoms with Crippen LogP contribution >= 0.6 is 0 Å². The first-order valence-corrected chi connectivity index (χ1v) is 14.1. The van der Waals surface area contributed by atoms with Crippen LogP contribution in [0, 0.1) is 0 Å². The molecular weight excluding hydrogens is 410 g/mol. The normalized spacial score (nSPS) is 14.5. The van der Waals surface area contributed by atoms with Crippen LogP contribution in [0.3, 0.4) is 0 Å². The second-order valence-electron chi connectivity index (χ2n) is 12.4. The molecule has 30 heavy (non-hydrogen) atoms. The zero-order valence-corrected chi connectivity index (χ0v) is 24.0. The Balaban J connectivity index is 4.22. The standard InChI is InChI=1S/C16H28N.3C3H7O.Ti/c1-14(2,3)11-10-12(15(4,5)6)17-13(11)16(7,8)9;3*1-3(2)4;/h10H,1-9H3;3*3H,1-2H3;/q4*-1;+4. The van der Waals surface area contributed by atoms with E-state index in [1.807, 2.05) is 0 Å². The van der Waals surface area contributed by atoms with E-state index in [-0.39, 0.29) is 34.6 Å². The van der Waals surface area contributed by atoms with E-state index in [2.05, 4.69) is 113 Å². The van der Waals surface area contributed by atoms with Crippen molar-refractivity contribution in [1.29, 1.82) is 0 Å². The molecular formula is C25H49NO3Ti. The van der Waals surface area contributed by atoms with Crippen LogP contribution in [0.1, 0.15) is 121 Å². The summed E-state index contributed by atoms with van der Waals surface area (Å²) >= 11 is -4.00. The van der Waals surface area contributed by atoms with Crippen LogP contribution in [0.4, 0.5) is 0 Å².